The van der Waals surface area contributed by atoms with Crippen LogP contribution in [0.2, 0.25) is 0 Å². The molecule has 158 valence electrons. The number of carbonyl (C=O) groups is 2. The van der Waals surface area contributed by atoms with Crippen LogP contribution in [0.25, 0.3) is 0 Å². The van der Waals surface area contributed by atoms with E-state index in [4.69, 9.17) is 4.74 Å². The van der Waals surface area contributed by atoms with Gasteiger partial charge in [-0.05, 0) is 55.5 Å². The summed E-state index contributed by atoms with van der Waals surface area (Å²) in [6.45, 7) is 5.51. The summed E-state index contributed by atoms with van der Waals surface area (Å²) < 4.78 is 18.6. The van der Waals surface area contributed by atoms with E-state index in [0.717, 1.165) is 17.1 Å². The van der Waals surface area contributed by atoms with Crippen molar-refractivity contribution in [1.29, 1.82) is 0 Å². The lowest BCUT2D eigenvalue weighted by atomic mass is 10.1. The van der Waals surface area contributed by atoms with E-state index in [2.05, 4.69) is 4.90 Å². The van der Waals surface area contributed by atoms with Crippen LogP contribution in [0.4, 0.5) is 15.8 Å². The zero-order chi connectivity index (χ0) is 21.1. The van der Waals surface area contributed by atoms with Crippen LogP contribution in [0.1, 0.15) is 13.3 Å². The second-order valence-electron chi connectivity index (χ2n) is 7.62. The van der Waals surface area contributed by atoms with Gasteiger partial charge in [-0.25, -0.2) is 4.39 Å². The van der Waals surface area contributed by atoms with Crippen molar-refractivity contribution < 1.29 is 18.7 Å². The van der Waals surface area contributed by atoms with Gasteiger partial charge in [0.05, 0.1) is 12.5 Å². The number of halogens is 1. The molecule has 2 aromatic rings. The molecule has 0 bridgehead atoms. The Bertz CT molecular complexity index is 893. The Morgan fingerprint density at radius 3 is 2.27 bits per heavy atom. The first-order valence-corrected chi connectivity index (χ1v) is 10.4. The maximum absolute atomic E-state index is 13.1. The van der Waals surface area contributed by atoms with Crippen molar-refractivity contribution in [2.45, 2.75) is 13.3 Å². The second kappa shape index (κ2) is 8.73. The van der Waals surface area contributed by atoms with E-state index < -0.39 is 0 Å². The van der Waals surface area contributed by atoms with Crippen LogP contribution in [0.15, 0.2) is 48.5 Å². The Hall–Kier alpha value is -3.09. The van der Waals surface area contributed by atoms with Crippen molar-refractivity contribution >= 4 is 23.2 Å². The van der Waals surface area contributed by atoms with Gasteiger partial charge in [0.15, 0.2) is 0 Å². The van der Waals surface area contributed by atoms with Gasteiger partial charge in [-0.1, -0.05) is 0 Å². The molecule has 2 fully saturated rings. The Kier molecular flexibility index (Phi) is 5.88. The summed E-state index contributed by atoms with van der Waals surface area (Å²) in [4.78, 5) is 31.2. The zero-order valence-electron chi connectivity index (χ0n) is 17.1. The van der Waals surface area contributed by atoms with E-state index in [9.17, 15) is 14.0 Å². The van der Waals surface area contributed by atoms with Crippen molar-refractivity contribution in [2.75, 3.05) is 49.1 Å². The third-order valence-corrected chi connectivity index (χ3v) is 5.72. The van der Waals surface area contributed by atoms with E-state index in [1.54, 1.807) is 17.0 Å². The quantitative estimate of drug-likeness (QED) is 0.759. The average Bonchev–Trinajstić information content (AvgIpc) is 3.16. The Morgan fingerprint density at radius 1 is 1.00 bits per heavy atom. The average molecular weight is 411 g/mol. The molecule has 6 nitrogen and oxygen atoms in total. The standard InChI is InChI=1S/C23H26FN3O3/c1-2-30-21-9-7-20(8-10-21)27-16-17(15-22(27)28)23(29)26-13-11-25(12-14-26)19-5-3-18(24)4-6-19/h3-10,17H,2,11-16H2,1H3. The molecule has 7 heteroatoms. The van der Waals surface area contributed by atoms with Gasteiger partial charge in [0, 0.05) is 50.5 Å². The first kappa shape index (κ1) is 20.2. The van der Waals surface area contributed by atoms with Crippen LogP contribution in [0, 0.1) is 11.7 Å². The van der Waals surface area contributed by atoms with Crippen molar-refractivity contribution in [3.8, 4) is 5.75 Å². The number of anilines is 2. The summed E-state index contributed by atoms with van der Waals surface area (Å²) in [5.74, 6) is 0.203. The summed E-state index contributed by atoms with van der Waals surface area (Å²) in [6, 6.07) is 13.8. The highest BCUT2D eigenvalue weighted by atomic mass is 19.1. The number of rotatable bonds is 5. The first-order chi connectivity index (χ1) is 14.5. The lowest BCUT2D eigenvalue weighted by molar-refractivity contribution is -0.136. The smallest absolute Gasteiger partial charge is 0.228 e. The minimum Gasteiger partial charge on any atom is -0.494 e. The van der Waals surface area contributed by atoms with Gasteiger partial charge in [0.1, 0.15) is 11.6 Å². The lowest BCUT2D eigenvalue weighted by Crippen LogP contribution is -2.50. The number of hydrogen-bond donors (Lipinski definition) is 0. The molecule has 0 radical (unpaired) electrons. The predicted octanol–water partition coefficient (Wildman–Crippen LogP) is 2.93. The van der Waals surface area contributed by atoms with Crippen LogP contribution < -0.4 is 14.5 Å². The molecule has 1 atom stereocenters. The Morgan fingerprint density at radius 2 is 1.63 bits per heavy atom. The predicted molar refractivity (Wildman–Crippen MR) is 113 cm³/mol. The Balaban J connectivity index is 1.34. The van der Waals surface area contributed by atoms with E-state index >= 15 is 0 Å². The summed E-state index contributed by atoms with van der Waals surface area (Å²) in [7, 11) is 0. The van der Waals surface area contributed by atoms with Gasteiger partial charge < -0.3 is 19.4 Å². The molecular weight excluding hydrogens is 385 g/mol. The number of amides is 2. The van der Waals surface area contributed by atoms with E-state index in [0.29, 0.717) is 39.3 Å². The molecule has 2 heterocycles. The molecule has 2 aliphatic rings. The number of ether oxygens (including phenoxy) is 1. The monoisotopic (exact) mass is 411 g/mol. The van der Waals surface area contributed by atoms with Crippen molar-refractivity contribution in [2.24, 2.45) is 5.92 Å². The minimum atomic E-state index is -0.318. The van der Waals surface area contributed by atoms with E-state index in [-0.39, 0.29) is 30.0 Å². The topological polar surface area (TPSA) is 53.1 Å². The van der Waals surface area contributed by atoms with Gasteiger partial charge in [-0.15, -0.1) is 0 Å². The van der Waals surface area contributed by atoms with Crippen LogP contribution in [-0.4, -0.2) is 56.0 Å². The SMILES string of the molecule is CCOc1ccc(N2CC(C(=O)N3CCN(c4ccc(F)cc4)CC3)CC2=O)cc1. The molecule has 0 aliphatic carbocycles. The van der Waals surface area contributed by atoms with Crippen molar-refractivity contribution in [3.63, 3.8) is 0 Å². The van der Waals surface area contributed by atoms with Crippen LogP contribution in [-0.2, 0) is 9.59 Å². The third kappa shape index (κ3) is 4.25. The minimum absolute atomic E-state index is 0.0255. The fourth-order valence-corrected chi connectivity index (χ4v) is 4.11. The van der Waals surface area contributed by atoms with Gasteiger partial charge in [-0.2, -0.15) is 0 Å². The van der Waals surface area contributed by atoms with Gasteiger partial charge in [0.2, 0.25) is 11.8 Å². The fourth-order valence-electron chi connectivity index (χ4n) is 4.11. The molecule has 30 heavy (non-hydrogen) atoms. The molecule has 0 N–H and O–H groups in total. The molecule has 2 saturated heterocycles. The van der Waals surface area contributed by atoms with Crippen LogP contribution in [0.3, 0.4) is 0 Å². The summed E-state index contributed by atoms with van der Waals surface area (Å²) in [6.07, 6.45) is 0.240. The number of nitrogens with zero attached hydrogens (tertiary/aromatic N) is 3. The number of carbonyl (C=O) groups excluding carboxylic acids is 2. The largest absolute Gasteiger partial charge is 0.494 e. The van der Waals surface area contributed by atoms with Gasteiger partial charge >= 0.3 is 0 Å². The lowest BCUT2D eigenvalue weighted by Gasteiger charge is -2.37. The molecule has 0 saturated carbocycles. The van der Waals surface area contributed by atoms with E-state index in [1.807, 2.05) is 36.1 Å². The van der Waals surface area contributed by atoms with Crippen molar-refractivity contribution in [3.05, 3.63) is 54.3 Å². The number of hydrogen-bond acceptors (Lipinski definition) is 4. The van der Waals surface area contributed by atoms with E-state index in [1.165, 1.54) is 12.1 Å². The molecule has 0 aromatic heterocycles. The summed E-state index contributed by atoms with van der Waals surface area (Å²) >= 11 is 0. The van der Waals surface area contributed by atoms with Crippen LogP contribution >= 0.6 is 0 Å². The van der Waals surface area contributed by atoms with Gasteiger partial charge in [0.25, 0.3) is 0 Å². The van der Waals surface area contributed by atoms with Crippen LogP contribution in [0.5, 0.6) is 5.75 Å². The normalized spacial score (nSPS) is 19.3. The molecule has 1 unspecified atom stereocenters. The highest BCUT2D eigenvalue weighted by molar-refractivity contribution is 6.00. The summed E-state index contributed by atoms with van der Waals surface area (Å²) in [5, 5.41) is 0. The fraction of sp³-hybridized carbons (Fsp3) is 0.391. The second-order valence-corrected chi connectivity index (χ2v) is 7.62. The zero-order valence-corrected chi connectivity index (χ0v) is 17.1. The summed E-state index contributed by atoms with van der Waals surface area (Å²) in [5.41, 5.74) is 1.75. The molecular formula is C23H26FN3O3. The number of piperazine rings is 1. The molecule has 2 amide bonds. The molecule has 2 aliphatic heterocycles. The number of benzene rings is 2. The van der Waals surface area contributed by atoms with Crippen molar-refractivity contribution in [1.82, 2.24) is 4.90 Å². The molecule has 4 rings (SSSR count). The van der Waals surface area contributed by atoms with Gasteiger partial charge in [-0.3, -0.25) is 9.59 Å². The molecule has 0 spiro atoms. The molecule has 2 aromatic carbocycles. The Labute approximate surface area is 175 Å². The maximum Gasteiger partial charge on any atom is 0.228 e. The first-order valence-electron chi connectivity index (χ1n) is 10.4. The maximum atomic E-state index is 13.1. The third-order valence-electron chi connectivity index (χ3n) is 5.72. The highest BCUT2D eigenvalue weighted by Crippen LogP contribution is 2.28. The highest BCUT2D eigenvalue weighted by Gasteiger charge is 2.38.